The number of benzene rings is 1. The van der Waals surface area contributed by atoms with Crippen molar-refractivity contribution in [2.24, 2.45) is 13.0 Å². The highest BCUT2D eigenvalue weighted by Crippen LogP contribution is 2.13. The van der Waals surface area contributed by atoms with Gasteiger partial charge in [-0.15, -0.1) is 0 Å². The van der Waals surface area contributed by atoms with Crippen molar-refractivity contribution < 1.29 is 0 Å². The standard InChI is InChI=1S/C16H21N5/c1-13(11-21-8-7-17-12-21)9-18-10-16-19-14-5-3-4-6-15(14)20(16)2/h3-8,12-13,18H,9-11H2,1-2H3. The van der Waals surface area contributed by atoms with Gasteiger partial charge in [0.1, 0.15) is 5.82 Å². The normalized spacial score (nSPS) is 12.9. The molecule has 0 saturated heterocycles. The first-order valence-electron chi connectivity index (χ1n) is 7.31. The third-order valence-electron chi connectivity index (χ3n) is 3.74. The molecule has 5 heteroatoms. The molecule has 2 aromatic heterocycles. The summed E-state index contributed by atoms with van der Waals surface area (Å²) in [7, 11) is 2.07. The maximum Gasteiger partial charge on any atom is 0.123 e. The van der Waals surface area contributed by atoms with E-state index in [0.29, 0.717) is 5.92 Å². The maximum absolute atomic E-state index is 4.67. The third-order valence-corrected chi connectivity index (χ3v) is 3.74. The van der Waals surface area contributed by atoms with Gasteiger partial charge in [-0.2, -0.15) is 0 Å². The number of imidazole rings is 2. The summed E-state index contributed by atoms with van der Waals surface area (Å²) in [5.41, 5.74) is 2.24. The van der Waals surface area contributed by atoms with Gasteiger partial charge < -0.3 is 14.5 Å². The zero-order chi connectivity index (χ0) is 14.7. The van der Waals surface area contributed by atoms with Crippen LogP contribution in [0.2, 0.25) is 0 Å². The molecule has 0 bridgehead atoms. The summed E-state index contributed by atoms with van der Waals surface area (Å²) in [6.45, 7) is 4.97. The molecule has 1 atom stereocenters. The number of rotatable bonds is 6. The second-order valence-electron chi connectivity index (χ2n) is 5.57. The highest BCUT2D eigenvalue weighted by atomic mass is 15.1. The minimum absolute atomic E-state index is 0.550. The fraction of sp³-hybridized carbons (Fsp3) is 0.375. The van der Waals surface area contributed by atoms with E-state index in [-0.39, 0.29) is 0 Å². The van der Waals surface area contributed by atoms with Crippen LogP contribution in [0.15, 0.2) is 43.0 Å². The Morgan fingerprint density at radius 2 is 2.14 bits per heavy atom. The van der Waals surface area contributed by atoms with Gasteiger partial charge in [0.2, 0.25) is 0 Å². The lowest BCUT2D eigenvalue weighted by atomic mass is 10.2. The fourth-order valence-electron chi connectivity index (χ4n) is 2.60. The second-order valence-corrected chi connectivity index (χ2v) is 5.57. The molecule has 3 rings (SSSR count). The van der Waals surface area contributed by atoms with Crippen LogP contribution in [0.5, 0.6) is 0 Å². The number of aryl methyl sites for hydroxylation is 1. The molecule has 0 amide bonds. The van der Waals surface area contributed by atoms with E-state index >= 15 is 0 Å². The zero-order valence-electron chi connectivity index (χ0n) is 12.5. The van der Waals surface area contributed by atoms with E-state index in [1.165, 1.54) is 5.52 Å². The molecule has 0 aliphatic carbocycles. The van der Waals surface area contributed by atoms with Gasteiger partial charge in [0.15, 0.2) is 0 Å². The van der Waals surface area contributed by atoms with Gasteiger partial charge in [0, 0.05) is 26.0 Å². The van der Waals surface area contributed by atoms with Crippen LogP contribution in [0.3, 0.4) is 0 Å². The van der Waals surface area contributed by atoms with Crippen LogP contribution in [0.25, 0.3) is 11.0 Å². The third kappa shape index (κ3) is 3.13. The Morgan fingerprint density at radius 3 is 2.90 bits per heavy atom. The number of nitrogens with one attached hydrogen (secondary N) is 1. The molecule has 1 unspecified atom stereocenters. The number of hydrogen-bond donors (Lipinski definition) is 1. The van der Waals surface area contributed by atoms with Crippen molar-refractivity contribution in [1.29, 1.82) is 0 Å². The number of para-hydroxylation sites is 2. The summed E-state index contributed by atoms with van der Waals surface area (Å²) in [6, 6.07) is 8.24. The highest BCUT2D eigenvalue weighted by molar-refractivity contribution is 5.75. The topological polar surface area (TPSA) is 47.7 Å². The van der Waals surface area contributed by atoms with E-state index in [1.54, 1.807) is 0 Å². The molecule has 0 radical (unpaired) electrons. The summed E-state index contributed by atoms with van der Waals surface area (Å²) in [5.74, 6) is 1.62. The predicted octanol–water partition coefficient (Wildman–Crippen LogP) is 2.20. The van der Waals surface area contributed by atoms with Crippen molar-refractivity contribution in [3.8, 4) is 0 Å². The first kappa shape index (κ1) is 13.8. The molecule has 3 aromatic rings. The van der Waals surface area contributed by atoms with Gasteiger partial charge in [-0.05, 0) is 24.6 Å². The Hall–Kier alpha value is -2.14. The quantitative estimate of drug-likeness (QED) is 0.754. The van der Waals surface area contributed by atoms with Crippen LogP contribution in [0.4, 0.5) is 0 Å². The molecule has 0 saturated carbocycles. The van der Waals surface area contributed by atoms with E-state index in [1.807, 2.05) is 24.8 Å². The molecule has 0 aliphatic heterocycles. The zero-order valence-corrected chi connectivity index (χ0v) is 12.5. The number of hydrogen-bond acceptors (Lipinski definition) is 3. The van der Waals surface area contributed by atoms with Crippen molar-refractivity contribution in [2.75, 3.05) is 6.54 Å². The van der Waals surface area contributed by atoms with Crippen LogP contribution in [0, 0.1) is 5.92 Å². The van der Waals surface area contributed by atoms with Crippen molar-refractivity contribution in [2.45, 2.75) is 20.0 Å². The molecule has 5 nitrogen and oxygen atoms in total. The van der Waals surface area contributed by atoms with Gasteiger partial charge in [-0.1, -0.05) is 19.1 Å². The van der Waals surface area contributed by atoms with Crippen molar-refractivity contribution in [3.05, 3.63) is 48.8 Å². The smallest absolute Gasteiger partial charge is 0.123 e. The van der Waals surface area contributed by atoms with E-state index < -0.39 is 0 Å². The van der Waals surface area contributed by atoms with Gasteiger partial charge in [-0.25, -0.2) is 9.97 Å². The Labute approximate surface area is 124 Å². The molecule has 2 heterocycles. The van der Waals surface area contributed by atoms with Gasteiger partial charge in [0.05, 0.1) is 23.9 Å². The first-order chi connectivity index (χ1) is 10.2. The van der Waals surface area contributed by atoms with Crippen molar-refractivity contribution in [3.63, 3.8) is 0 Å². The average Bonchev–Trinajstić information content (AvgIpc) is 3.09. The average molecular weight is 283 g/mol. The Bertz CT molecular complexity index is 699. The summed E-state index contributed by atoms with van der Waals surface area (Å²) in [4.78, 5) is 8.74. The highest BCUT2D eigenvalue weighted by Gasteiger charge is 2.08. The van der Waals surface area contributed by atoms with E-state index in [4.69, 9.17) is 0 Å². The molecular weight excluding hydrogens is 262 g/mol. The largest absolute Gasteiger partial charge is 0.337 e. The van der Waals surface area contributed by atoms with Gasteiger partial charge >= 0.3 is 0 Å². The molecule has 110 valence electrons. The van der Waals surface area contributed by atoms with Crippen LogP contribution < -0.4 is 5.32 Å². The van der Waals surface area contributed by atoms with E-state index in [9.17, 15) is 0 Å². The van der Waals surface area contributed by atoms with Gasteiger partial charge in [0.25, 0.3) is 0 Å². The van der Waals surface area contributed by atoms with Crippen LogP contribution in [-0.2, 0) is 20.1 Å². The van der Waals surface area contributed by atoms with Crippen molar-refractivity contribution >= 4 is 11.0 Å². The minimum Gasteiger partial charge on any atom is -0.337 e. The Morgan fingerprint density at radius 1 is 1.29 bits per heavy atom. The first-order valence-corrected chi connectivity index (χ1v) is 7.31. The predicted molar refractivity (Wildman–Crippen MR) is 83.8 cm³/mol. The molecule has 0 fully saturated rings. The van der Waals surface area contributed by atoms with Crippen LogP contribution in [0.1, 0.15) is 12.7 Å². The molecule has 0 aliphatic rings. The lowest BCUT2D eigenvalue weighted by molar-refractivity contribution is 0.440. The SMILES string of the molecule is CC(CNCc1nc2ccccc2n1C)Cn1ccnc1. The second kappa shape index (κ2) is 6.10. The lowest BCUT2D eigenvalue weighted by Gasteiger charge is -2.13. The molecule has 1 N–H and O–H groups in total. The van der Waals surface area contributed by atoms with Crippen LogP contribution >= 0.6 is 0 Å². The van der Waals surface area contributed by atoms with Crippen molar-refractivity contribution in [1.82, 2.24) is 24.4 Å². The number of nitrogens with zero attached hydrogens (tertiary/aromatic N) is 4. The molecule has 1 aromatic carbocycles. The Balaban J connectivity index is 1.55. The summed E-state index contributed by atoms with van der Waals surface area (Å²) >= 11 is 0. The summed E-state index contributed by atoms with van der Waals surface area (Å²) < 4.78 is 4.27. The summed E-state index contributed by atoms with van der Waals surface area (Å²) in [6.07, 6.45) is 5.68. The van der Waals surface area contributed by atoms with Crippen LogP contribution in [-0.4, -0.2) is 25.6 Å². The lowest BCUT2D eigenvalue weighted by Crippen LogP contribution is -2.24. The number of aromatic nitrogens is 4. The molecule has 21 heavy (non-hydrogen) atoms. The van der Waals surface area contributed by atoms with E-state index in [2.05, 4.69) is 56.6 Å². The van der Waals surface area contributed by atoms with E-state index in [0.717, 1.165) is 31.0 Å². The van der Waals surface area contributed by atoms with Gasteiger partial charge in [-0.3, -0.25) is 0 Å². The minimum atomic E-state index is 0.550. The fourth-order valence-corrected chi connectivity index (χ4v) is 2.60. The monoisotopic (exact) mass is 283 g/mol. The maximum atomic E-state index is 4.67. The Kier molecular flexibility index (Phi) is 4.01. The molecular formula is C16H21N5. The summed E-state index contributed by atoms with van der Waals surface area (Å²) in [5, 5.41) is 3.50. The molecule has 0 spiro atoms. The number of fused-ring (bicyclic) bond motifs is 1.